The number of rotatable bonds is 22. The van der Waals surface area contributed by atoms with Gasteiger partial charge in [-0.25, -0.2) is 19.3 Å². The van der Waals surface area contributed by atoms with Crippen LogP contribution < -0.4 is 25.0 Å². The van der Waals surface area contributed by atoms with Gasteiger partial charge >= 0.3 is 12.1 Å². The number of aryl methyl sites for hydroxylation is 1. The first-order valence-electron chi connectivity index (χ1n) is 28.3. The van der Waals surface area contributed by atoms with Gasteiger partial charge in [0.2, 0.25) is 5.91 Å². The molecule has 9 aromatic rings. The molecule has 0 bridgehead atoms. The first-order chi connectivity index (χ1) is 41.6. The van der Waals surface area contributed by atoms with Crippen molar-refractivity contribution in [1.29, 1.82) is 0 Å². The second-order valence-electron chi connectivity index (χ2n) is 21.4. The van der Waals surface area contributed by atoms with Crippen LogP contribution in [0.2, 0.25) is 0 Å². The van der Waals surface area contributed by atoms with Crippen LogP contribution in [0.15, 0.2) is 182 Å². The molecule has 18 nitrogen and oxygen atoms in total. The summed E-state index contributed by atoms with van der Waals surface area (Å²) in [5, 5.41) is 18.2. The van der Waals surface area contributed by atoms with Gasteiger partial charge in [-0.3, -0.25) is 24.6 Å². The van der Waals surface area contributed by atoms with Gasteiger partial charge in [0, 0.05) is 31.6 Å². The number of esters is 1. The Kier molecular flexibility index (Phi) is 18.2. The van der Waals surface area contributed by atoms with Crippen molar-refractivity contribution in [3.05, 3.63) is 227 Å². The lowest BCUT2D eigenvalue weighted by Crippen LogP contribution is -2.39. The Labute approximate surface area is 502 Å². The zero-order valence-corrected chi connectivity index (χ0v) is 49.4. The van der Waals surface area contributed by atoms with E-state index in [1.807, 2.05) is 101 Å². The molecule has 10 rings (SSSR count). The Bertz CT molecular complexity index is 3770. The van der Waals surface area contributed by atoms with Gasteiger partial charge in [0.15, 0.2) is 18.1 Å². The maximum atomic E-state index is 14.1. The number of thioether (sulfide) groups is 1. The van der Waals surface area contributed by atoms with Gasteiger partial charge in [-0.05, 0) is 114 Å². The largest absolute Gasteiger partial charge is 0.487 e. The summed E-state index contributed by atoms with van der Waals surface area (Å²) in [6.07, 6.45) is 0.972. The molecule has 3 heterocycles. The molecular formula is C67H65N9O9S. The predicted octanol–water partition coefficient (Wildman–Crippen LogP) is 12.1. The highest BCUT2D eigenvalue weighted by atomic mass is 32.2. The number of nitrogens with zero attached hydrogens (tertiary/aromatic N) is 7. The molecule has 1 aliphatic rings. The molecule has 0 aliphatic carbocycles. The van der Waals surface area contributed by atoms with Crippen LogP contribution in [0, 0.1) is 0 Å². The summed E-state index contributed by atoms with van der Waals surface area (Å²) in [5.41, 5.74) is 6.70. The average Bonchev–Trinajstić information content (AvgIpc) is 1.22. The van der Waals surface area contributed by atoms with E-state index in [4.69, 9.17) is 34.2 Å². The smallest absolute Gasteiger partial charge is 0.414 e. The van der Waals surface area contributed by atoms with Crippen LogP contribution >= 0.6 is 11.8 Å². The molecule has 4 amide bonds. The van der Waals surface area contributed by atoms with Crippen LogP contribution in [-0.4, -0.2) is 90.0 Å². The van der Waals surface area contributed by atoms with E-state index in [1.54, 1.807) is 70.2 Å². The monoisotopic (exact) mass is 1170 g/mol. The highest BCUT2D eigenvalue weighted by molar-refractivity contribution is 8.15. The molecule has 1 unspecified atom stereocenters. The van der Waals surface area contributed by atoms with Gasteiger partial charge in [0.25, 0.3) is 11.1 Å². The van der Waals surface area contributed by atoms with E-state index in [1.165, 1.54) is 11.9 Å². The number of benzene rings is 7. The van der Waals surface area contributed by atoms with Crippen molar-refractivity contribution in [2.45, 2.75) is 83.4 Å². The summed E-state index contributed by atoms with van der Waals surface area (Å²) in [7, 11) is 1.52. The Morgan fingerprint density at radius 1 is 0.721 bits per heavy atom. The van der Waals surface area contributed by atoms with Crippen LogP contribution in [0.5, 0.6) is 11.5 Å². The number of aromatic nitrogens is 6. The maximum absolute atomic E-state index is 14.1. The van der Waals surface area contributed by atoms with E-state index in [2.05, 4.69) is 70.4 Å². The van der Waals surface area contributed by atoms with Crippen molar-refractivity contribution >= 4 is 52.3 Å². The van der Waals surface area contributed by atoms with E-state index in [-0.39, 0.29) is 48.0 Å². The molecule has 0 radical (unpaired) electrons. The average molecular weight is 1170 g/mol. The Balaban J connectivity index is 0.904. The van der Waals surface area contributed by atoms with Crippen molar-refractivity contribution in [1.82, 2.24) is 35.1 Å². The van der Waals surface area contributed by atoms with Crippen molar-refractivity contribution in [3.63, 3.8) is 0 Å². The third-order valence-corrected chi connectivity index (χ3v) is 15.3. The summed E-state index contributed by atoms with van der Waals surface area (Å²) in [5.74, 6) is 0.560. The Morgan fingerprint density at radius 2 is 1.33 bits per heavy atom. The molecule has 19 heteroatoms. The Morgan fingerprint density at radius 3 is 1.92 bits per heavy atom. The van der Waals surface area contributed by atoms with Crippen molar-refractivity contribution in [2.75, 3.05) is 30.5 Å². The van der Waals surface area contributed by atoms with Gasteiger partial charge in [-0.2, -0.15) is 0 Å². The Hall–Kier alpha value is -9.88. The topological polar surface area (TPSA) is 211 Å². The quantitative estimate of drug-likeness (QED) is 0.0478. The molecule has 0 spiro atoms. The first kappa shape index (κ1) is 59.3. The minimum absolute atomic E-state index is 0.129. The second-order valence-corrected chi connectivity index (χ2v) is 22.6. The molecule has 1 saturated heterocycles. The van der Waals surface area contributed by atoms with Crippen LogP contribution in [-0.2, 0) is 50.6 Å². The molecule has 1 aliphatic heterocycles. The number of nitrogens with one attached hydrogen (secondary N) is 2. The molecule has 0 saturated carbocycles. The molecule has 86 heavy (non-hydrogen) atoms. The second kappa shape index (κ2) is 26.4. The molecule has 2 N–H and O–H groups in total. The molecule has 7 aromatic carbocycles. The van der Waals surface area contributed by atoms with E-state index in [9.17, 15) is 24.0 Å². The number of imidazole rings is 1. The van der Waals surface area contributed by atoms with Crippen LogP contribution in [0.3, 0.4) is 0 Å². The minimum Gasteiger partial charge on any atom is -0.487 e. The number of hydrogen-bond donors (Lipinski definition) is 2. The highest BCUT2D eigenvalue weighted by Gasteiger charge is 2.42. The van der Waals surface area contributed by atoms with Crippen LogP contribution in [0.25, 0.3) is 22.5 Å². The van der Waals surface area contributed by atoms with Gasteiger partial charge in [0.1, 0.15) is 40.8 Å². The predicted molar refractivity (Wildman–Crippen MR) is 329 cm³/mol. The van der Waals surface area contributed by atoms with E-state index in [0.717, 1.165) is 62.7 Å². The summed E-state index contributed by atoms with van der Waals surface area (Å²) >= 11 is 0.954. The van der Waals surface area contributed by atoms with E-state index < -0.39 is 34.4 Å². The van der Waals surface area contributed by atoms with Crippen molar-refractivity contribution < 1.29 is 42.9 Å². The zero-order chi connectivity index (χ0) is 60.4. The number of anilines is 2. The molecule has 438 valence electrons. The molecular weight excluding hydrogens is 1110 g/mol. The standard InChI is InChI=1S/C67H65N9O9S/c1-7-20-58-68-55(42-83-51-37-38-54(56(40-51)74(6)65(81)85-66(3,4)5)69-59(77)43-84-50-35-31-44(32-36-50)39-57-62(78)70-64(80)86-57)60(63(79)82-8-2)75(58)41-45-29-33-46(34-30-45)52-27-18-19-28-53(52)61-71-72-73-76(61)67(47-21-12-9-13-22-47,48-23-14-10-15-24-48)49-25-16-11-17-26-49/h9-19,21-38,40,57H,7-8,20,39,41-43H2,1-6H3,(H,69,77)(H,70,78,80). The summed E-state index contributed by atoms with van der Waals surface area (Å²) in [4.78, 5) is 71.1. The first-order valence-corrected chi connectivity index (χ1v) is 29.2. The van der Waals surface area contributed by atoms with E-state index in [0.29, 0.717) is 48.2 Å². The highest BCUT2D eigenvalue weighted by Crippen LogP contribution is 2.44. The molecule has 2 aromatic heterocycles. The number of amides is 4. The van der Waals surface area contributed by atoms with Gasteiger partial charge in [-0.1, -0.05) is 170 Å². The molecule has 1 fully saturated rings. The van der Waals surface area contributed by atoms with Crippen LogP contribution in [0.1, 0.15) is 90.9 Å². The lowest BCUT2D eigenvalue weighted by atomic mass is 9.77. The van der Waals surface area contributed by atoms with Gasteiger partial charge < -0.3 is 28.8 Å². The number of tetrazole rings is 1. The third-order valence-electron chi connectivity index (χ3n) is 14.3. The van der Waals surface area contributed by atoms with Gasteiger partial charge in [-0.15, -0.1) is 5.10 Å². The van der Waals surface area contributed by atoms with Crippen LogP contribution in [0.4, 0.5) is 21.0 Å². The van der Waals surface area contributed by atoms with Crippen molar-refractivity contribution in [3.8, 4) is 34.0 Å². The lowest BCUT2D eigenvalue weighted by molar-refractivity contribution is -0.119. The zero-order valence-electron chi connectivity index (χ0n) is 48.6. The number of ether oxygens (including phenoxy) is 4. The van der Waals surface area contributed by atoms with Crippen molar-refractivity contribution in [2.24, 2.45) is 0 Å². The normalized spacial score (nSPS) is 13.2. The summed E-state index contributed by atoms with van der Waals surface area (Å²) in [6.45, 7) is 8.95. The number of carbonyl (C=O) groups excluding carboxylic acids is 5. The maximum Gasteiger partial charge on any atom is 0.414 e. The SMILES string of the molecule is CCCc1nc(COc2ccc(NC(=O)COc3ccc(CC4SC(=O)NC4=O)cc3)c(N(C)C(=O)OC(C)(C)C)c2)c(C(=O)OCC)n1Cc1ccc(-c2ccccc2-c2nnnn2C(c2ccccc2)(c2ccccc2)c2ccccc2)cc1. The third kappa shape index (κ3) is 13.2. The fraction of sp³-hybridized carbons (Fsp3) is 0.239. The lowest BCUT2D eigenvalue weighted by Gasteiger charge is -2.36. The fourth-order valence-electron chi connectivity index (χ4n) is 10.4. The molecule has 1 atom stereocenters. The number of imide groups is 1. The summed E-state index contributed by atoms with van der Waals surface area (Å²) < 4.78 is 27.4. The van der Waals surface area contributed by atoms with E-state index >= 15 is 0 Å². The number of carbonyl (C=O) groups is 5. The fourth-order valence-corrected chi connectivity index (χ4v) is 11.3. The minimum atomic E-state index is -0.954. The summed E-state index contributed by atoms with van der Waals surface area (Å²) in [6, 6.07) is 58.9. The van der Waals surface area contributed by atoms with Gasteiger partial charge in [0.05, 0.1) is 23.2 Å². The number of hydrogen-bond acceptors (Lipinski definition) is 14.